The summed E-state index contributed by atoms with van der Waals surface area (Å²) in [4.78, 5) is 12.0. The van der Waals surface area contributed by atoms with Crippen LogP contribution in [0.15, 0.2) is 36.4 Å². The SMILES string of the molecule is COC(=O)c1ccc2c(c1)[C@@H]1[C@H]3CC[C@@H](C3)[C@H]1[C@H](c1ccc(Cl)c(Cl)c1)N2. The number of anilines is 1. The zero-order valence-corrected chi connectivity index (χ0v) is 16.6. The first-order chi connectivity index (χ1) is 13.1. The Kier molecular flexibility index (Phi) is 4.14. The van der Waals surface area contributed by atoms with Crippen molar-refractivity contribution in [2.24, 2.45) is 17.8 Å². The second-order valence-electron chi connectivity index (χ2n) is 8.03. The van der Waals surface area contributed by atoms with E-state index in [1.807, 2.05) is 30.3 Å². The molecule has 2 fully saturated rings. The van der Waals surface area contributed by atoms with Crippen LogP contribution >= 0.6 is 23.2 Å². The molecule has 5 rings (SSSR count). The first-order valence-corrected chi connectivity index (χ1v) is 10.3. The zero-order valence-electron chi connectivity index (χ0n) is 15.0. The highest BCUT2D eigenvalue weighted by atomic mass is 35.5. The fourth-order valence-electron chi connectivity index (χ4n) is 5.77. The Bertz CT molecular complexity index is 929. The molecule has 140 valence electrons. The second kappa shape index (κ2) is 6.42. The van der Waals surface area contributed by atoms with E-state index in [0.717, 1.165) is 5.69 Å². The average Bonchev–Trinajstić information content (AvgIpc) is 3.31. The Hall–Kier alpha value is -1.71. The normalized spacial score (nSPS) is 30.4. The summed E-state index contributed by atoms with van der Waals surface area (Å²) in [5, 5.41) is 4.93. The third kappa shape index (κ3) is 2.67. The molecule has 3 aliphatic rings. The van der Waals surface area contributed by atoms with E-state index in [9.17, 15) is 4.79 Å². The maximum absolute atomic E-state index is 12.0. The highest BCUT2D eigenvalue weighted by molar-refractivity contribution is 6.42. The smallest absolute Gasteiger partial charge is 0.337 e. The lowest BCUT2D eigenvalue weighted by Crippen LogP contribution is -2.35. The van der Waals surface area contributed by atoms with Crippen LogP contribution in [0.5, 0.6) is 0 Å². The van der Waals surface area contributed by atoms with Crippen LogP contribution in [0.25, 0.3) is 0 Å². The lowest BCUT2D eigenvalue weighted by atomic mass is 9.68. The third-order valence-corrected chi connectivity index (χ3v) is 7.55. The molecule has 2 saturated carbocycles. The van der Waals surface area contributed by atoms with E-state index in [1.54, 1.807) is 0 Å². The number of hydrogen-bond donors (Lipinski definition) is 1. The van der Waals surface area contributed by atoms with E-state index in [1.165, 1.54) is 37.5 Å². The van der Waals surface area contributed by atoms with Gasteiger partial charge in [-0.2, -0.15) is 0 Å². The predicted octanol–water partition coefficient (Wildman–Crippen LogP) is 6.08. The second-order valence-corrected chi connectivity index (χ2v) is 8.84. The average molecular weight is 402 g/mol. The molecule has 2 aromatic carbocycles. The first-order valence-electron chi connectivity index (χ1n) is 9.50. The minimum atomic E-state index is -0.274. The van der Waals surface area contributed by atoms with Crippen LogP contribution in [-0.4, -0.2) is 13.1 Å². The number of carbonyl (C=O) groups is 1. The van der Waals surface area contributed by atoms with E-state index in [0.29, 0.717) is 39.3 Å². The van der Waals surface area contributed by atoms with Gasteiger partial charge >= 0.3 is 5.97 Å². The van der Waals surface area contributed by atoms with Crippen molar-refractivity contribution in [1.82, 2.24) is 0 Å². The van der Waals surface area contributed by atoms with Crippen LogP contribution in [0.4, 0.5) is 5.69 Å². The van der Waals surface area contributed by atoms with Crippen LogP contribution in [-0.2, 0) is 4.74 Å². The zero-order chi connectivity index (χ0) is 18.7. The summed E-state index contributed by atoms with van der Waals surface area (Å²) in [5.41, 5.74) is 4.21. The number of nitrogens with one attached hydrogen (secondary N) is 1. The minimum Gasteiger partial charge on any atom is -0.465 e. The maximum Gasteiger partial charge on any atom is 0.337 e. The van der Waals surface area contributed by atoms with Gasteiger partial charge in [-0.3, -0.25) is 0 Å². The molecule has 0 aromatic heterocycles. The molecular weight excluding hydrogens is 381 g/mol. The molecule has 0 unspecified atom stereocenters. The summed E-state index contributed by atoms with van der Waals surface area (Å²) in [6.07, 6.45) is 3.84. The molecule has 3 nitrogen and oxygen atoms in total. The Balaban J connectivity index is 1.61. The Morgan fingerprint density at radius 2 is 1.89 bits per heavy atom. The van der Waals surface area contributed by atoms with Crippen molar-refractivity contribution in [1.29, 1.82) is 0 Å². The van der Waals surface area contributed by atoms with Gasteiger partial charge in [0.1, 0.15) is 0 Å². The number of carbonyl (C=O) groups excluding carboxylic acids is 1. The van der Waals surface area contributed by atoms with Gasteiger partial charge in [0.25, 0.3) is 0 Å². The number of hydrogen-bond acceptors (Lipinski definition) is 3. The Morgan fingerprint density at radius 3 is 2.67 bits per heavy atom. The molecule has 27 heavy (non-hydrogen) atoms. The molecule has 0 radical (unpaired) electrons. The minimum absolute atomic E-state index is 0.219. The fraction of sp³-hybridized carbons (Fsp3) is 0.409. The first kappa shape index (κ1) is 17.4. The van der Waals surface area contributed by atoms with Gasteiger partial charge in [0.15, 0.2) is 0 Å². The van der Waals surface area contributed by atoms with Crippen molar-refractivity contribution >= 4 is 34.9 Å². The lowest BCUT2D eigenvalue weighted by molar-refractivity contribution is 0.0600. The van der Waals surface area contributed by atoms with Gasteiger partial charge in [-0.15, -0.1) is 0 Å². The molecule has 1 heterocycles. The van der Waals surface area contributed by atoms with Crippen LogP contribution in [0.2, 0.25) is 10.0 Å². The molecule has 5 atom stereocenters. The number of ether oxygens (including phenoxy) is 1. The van der Waals surface area contributed by atoms with Gasteiger partial charge in [0, 0.05) is 5.69 Å². The van der Waals surface area contributed by atoms with Crippen molar-refractivity contribution in [2.45, 2.75) is 31.2 Å². The largest absolute Gasteiger partial charge is 0.465 e. The molecule has 2 bridgehead atoms. The molecule has 0 saturated heterocycles. The topological polar surface area (TPSA) is 38.3 Å². The third-order valence-electron chi connectivity index (χ3n) is 6.81. The monoisotopic (exact) mass is 401 g/mol. The molecule has 5 heteroatoms. The van der Waals surface area contributed by atoms with Crippen molar-refractivity contribution in [3.05, 3.63) is 63.1 Å². The van der Waals surface area contributed by atoms with E-state index in [4.69, 9.17) is 27.9 Å². The van der Waals surface area contributed by atoms with Gasteiger partial charge in [-0.1, -0.05) is 29.3 Å². The number of fused-ring (bicyclic) bond motifs is 7. The number of benzene rings is 2. The van der Waals surface area contributed by atoms with Crippen molar-refractivity contribution in [3.63, 3.8) is 0 Å². The molecular formula is C22H21Cl2NO2. The number of esters is 1. The summed E-state index contributed by atoms with van der Waals surface area (Å²) in [6, 6.07) is 12.1. The molecule has 0 spiro atoms. The maximum atomic E-state index is 12.0. The molecule has 2 aliphatic carbocycles. The van der Waals surface area contributed by atoms with Crippen molar-refractivity contribution < 1.29 is 9.53 Å². The van der Waals surface area contributed by atoms with Gasteiger partial charge in [-0.05, 0) is 84.4 Å². The molecule has 0 amide bonds. The molecule has 2 aromatic rings. The van der Waals surface area contributed by atoms with E-state index in [-0.39, 0.29) is 12.0 Å². The lowest BCUT2D eigenvalue weighted by Gasteiger charge is -2.43. The van der Waals surface area contributed by atoms with E-state index in [2.05, 4.69) is 11.4 Å². The van der Waals surface area contributed by atoms with Crippen LogP contribution in [0.1, 0.15) is 52.7 Å². The Labute approximate surface area is 169 Å². The highest BCUT2D eigenvalue weighted by Crippen LogP contribution is 2.63. The number of rotatable bonds is 2. The van der Waals surface area contributed by atoms with Crippen LogP contribution in [0, 0.1) is 17.8 Å². The van der Waals surface area contributed by atoms with Crippen LogP contribution in [0.3, 0.4) is 0 Å². The van der Waals surface area contributed by atoms with Crippen LogP contribution < -0.4 is 5.32 Å². The van der Waals surface area contributed by atoms with Gasteiger partial charge in [-0.25, -0.2) is 4.79 Å². The standard InChI is InChI=1S/C22H21Cl2NO2/c1-27-22(26)14-5-7-18-15(9-14)19-11-2-3-12(8-11)20(19)21(25-18)13-4-6-16(23)17(24)10-13/h4-7,9-12,19-21,25H,2-3,8H2,1H3/t11-,12-,19-,20+,21-/m0/s1. The number of methoxy groups -OCH3 is 1. The molecule has 1 N–H and O–H groups in total. The van der Waals surface area contributed by atoms with E-state index < -0.39 is 0 Å². The van der Waals surface area contributed by atoms with E-state index >= 15 is 0 Å². The summed E-state index contributed by atoms with van der Waals surface area (Å²) in [6.45, 7) is 0. The van der Waals surface area contributed by atoms with Gasteiger partial charge in [0.2, 0.25) is 0 Å². The van der Waals surface area contributed by atoms with Crippen molar-refractivity contribution in [3.8, 4) is 0 Å². The highest BCUT2D eigenvalue weighted by Gasteiger charge is 2.53. The molecule has 1 aliphatic heterocycles. The summed E-state index contributed by atoms with van der Waals surface area (Å²) in [5.74, 6) is 2.12. The Morgan fingerprint density at radius 1 is 1.07 bits per heavy atom. The quantitative estimate of drug-likeness (QED) is 0.619. The number of halogens is 2. The predicted molar refractivity (Wildman–Crippen MR) is 108 cm³/mol. The van der Waals surface area contributed by atoms with Gasteiger partial charge < -0.3 is 10.1 Å². The van der Waals surface area contributed by atoms with Gasteiger partial charge in [0.05, 0.1) is 28.8 Å². The summed E-state index contributed by atoms with van der Waals surface area (Å²) < 4.78 is 4.93. The summed E-state index contributed by atoms with van der Waals surface area (Å²) in [7, 11) is 1.43. The fourth-order valence-corrected chi connectivity index (χ4v) is 6.07. The van der Waals surface area contributed by atoms with Crippen molar-refractivity contribution in [2.75, 3.05) is 12.4 Å². The summed E-state index contributed by atoms with van der Waals surface area (Å²) >= 11 is 12.5.